The van der Waals surface area contributed by atoms with E-state index in [2.05, 4.69) is 9.55 Å². The molecule has 2 aliphatic rings. The van der Waals surface area contributed by atoms with E-state index in [9.17, 15) is 5.11 Å². The highest BCUT2D eigenvalue weighted by Gasteiger charge is 2.22. The number of fused-ring (bicyclic) bond motifs is 1. The van der Waals surface area contributed by atoms with Gasteiger partial charge in [-0.05, 0) is 25.2 Å². The van der Waals surface area contributed by atoms with E-state index in [1.54, 1.807) is 0 Å². The van der Waals surface area contributed by atoms with Crippen LogP contribution in [0.5, 0.6) is 0 Å². The molecule has 1 atom stereocenters. The number of nitrogens with zero attached hydrogens (tertiary/aromatic N) is 2. The van der Waals surface area contributed by atoms with Crippen molar-refractivity contribution in [2.24, 2.45) is 5.92 Å². The van der Waals surface area contributed by atoms with Crippen LogP contribution in [0.4, 0.5) is 0 Å². The zero-order valence-electron chi connectivity index (χ0n) is 10.1. The van der Waals surface area contributed by atoms with Crippen molar-refractivity contribution in [3.05, 3.63) is 17.7 Å². The molecule has 3 rings (SSSR count). The quantitative estimate of drug-likeness (QED) is 0.838. The second-order valence-electron chi connectivity index (χ2n) is 5.22. The van der Waals surface area contributed by atoms with E-state index in [4.69, 9.17) is 4.74 Å². The molecule has 0 saturated carbocycles. The minimum Gasteiger partial charge on any atom is -0.393 e. The number of hydrogen-bond donors (Lipinski definition) is 1. The molecule has 0 radical (unpaired) electrons. The molecular weight excluding hydrogens is 216 g/mol. The number of aliphatic hydroxyl groups is 1. The molecule has 0 aromatic carbocycles. The second-order valence-corrected chi connectivity index (χ2v) is 5.22. The number of aliphatic hydroxyl groups excluding tert-OH is 1. The van der Waals surface area contributed by atoms with Gasteiger partial charge in [0.15, 0.2) is 0 Å². The Bertz CT molecular complexity index is 383. The van der Waals surface area contributed by atoms with Crippen LogP contribution in [-0.4, -0.2) is 34.0 Å². The number of imidazole rings is 1. The highest BCUT2D eigenvalue weighted by atomic mass is 16.5. The predicted molar refractivity (Wildman–Crippen MR) is 63.8 cm³/mol. The van der Waals surface area contributed by atoms with Gasteiger partial charge in [-0.3, -0.25) is 0 Å². The third-order valence-corrected chi connectivity index (χ3v) is 3.96. The molecular formula is C13H20N2O2. The van der Waals surface area contributed by atoms with Gasteiger partial charge < -0.3 is 14.4 Å². The Labute approximate surface area is 102 Å². The lowest BCUT2D eigenvalue weighted by molar-refractivity contribution is 0.0655. The average molecular weight is 236 g/mol. The van der Waals surface area contributed by atoms with Crippen LogP contribution in [0, 0.1) is 5.92 Å². The SMILES string of the molecule is OC1CCn2c(cnc2CC2CCOCC2)C1. The van der Waals surface area contributed by atoms with Crippen LogP contribution in [0.3, 0.4) is 0 Å². The third-order valence-electron chi connectivity index (χ3n) is 3.96. The van der Waals surface area contributed by atoms with Crippen molar-refractivity contribution in [1.29, 1.82) is 0 Å². The summed E-state index contributed by atoms with van der Waals surface area (Å²) in [5.74, 6) is 1.93. The first-order valence-corrected chi connectivity index (χ1v) is 6.62. The Balaban J connectivity index is 1.71. The predicted octanol–water partition coefficient (Wildman–Crippen LogP) is 1.16. The molecule has 2 aliphatic heterocycles. The Kier molecular flexibility index (Phi) is 3.16. The maximum Gasteiger partial charge on any atom is 0.109 e. The highest BCUT2D eigenvalue weighted by Crippen LogP contribution is 2.23. The van der Waals surface area contributed by atoms with Crippen LogP contribution in [0.2, 0.25) is 0 Å². The van der Waals surface area contributed by atoms with Crippen molar-refractivity contribution >= 4 is 0 Å². The van der Waals surface area contributed by atoms with Gasteiger partial charge in [0.1, 0.15) is 5.82 Å². The molecule has 4 heteroatoms. The van der Waals surface area contributed by atoms with Crippen molar-refractivity contribution in [2.75, 3.05) is 13.2 Å². The molecule has 94 valence electrons. The number of hydrogen-bond acceptors (Lipinski definition) is 3. The number of aromatic nitrogens is 2. The maximum atomic E-state index is 9.63. The van der Waals surface area contributed by atoms with Crippen LogP contribution in [0.15, 0.2) is 6.20 Å². The second kappa shape index (κ2) is 4.78. The fourth-order valence-electron chi connectivity index (χ4n) is 2.88. The van der Waals surface area contributed by atoms with Gasteiger partial charge in [-0.1, -0.05) is 0 Å². The van der Waals surface area contributed by atoms with Crippen molar-refractivity contribution in [3.63, 3.8) is 0 Å². The summed E-state index contributed by atoms with van der Waals surface area (Å²) in [6.45, 7) is 2.73. The molecule has 3 heterocycles. The fraction of sp³-hybridized carbons (Fsp3) is 0.769. The maximum absolute atomic E-state index is 9.63. The largest absolute Gasteiger partial charge is 0.393 e. The van der Waals surface area contributed by atoms with Crippen molar-refractivity contribution in [1.82, 2.24) is 9.55 Å². The topological polar surface area (TPSA) is 47.3 Å². The normalized spacial score (nSPS) is 25.8. The molecule has 1 N–H and O–H groups in total. The summed E-state index contributed by atoms with van der Waals surface area (Å²) in [5, 5.41) is 9.63. The minimum absolute atomic E-state index is 0.171. The standard InChI is InChI=1S/C13H20N2O2/c16-12-1-4-15-11(8-12)9-14-13(15)7-10-2-5-17-6-3-10/h9-10,12,16H,1-8H2. The smallest absolute Gasteiger partial charge is 0.109 e. The van der Waals surface area contributed by atoms with Crippen molar-refractivity contribution in [3.8, 4) is 0 Å². The zero-order chi connectivity index (χ0) is 11.7. The molecule has 0 amide bonds. The van der Waals surface area contributed by atoms with Crippen LogP contribution in [0.1, 0.15) is 30.8 Å². The molecule has 0 bridgehead atoms. The third kappa shape index (κ3) is 2.38. The molecule has 1 aromatic rings. The van der Waals surface area contributed by atoms with E-state index in [-0.39, 0.29) is 6.10 Å². The minimum atomic E-state index is -0.171. The zero-order valence-corrected chi connectivity index (χ0v) is 10.1. The van der Waals surface area contributed by atoms with Gasteiger partial charge in [0.05, 0.1) is 6.10 Å². The van der Waals surface area contributed by atoms with Crippen LogP contribution in [0.25, 0.3) is 0 Å². The van der Waals surface area contributed by atoms with E-state index in [1.807, 2.05) is 6.20 Å². The summed E-state index contributed by atoms with van der Waals surface area (Å²) < 4.78 is 7.69. The van der Waals surface area contributed by atoms with Gasteiger partial charge in [0.25, 0.3) is 0 Å². The van der Waals surface area contributed by atoms with Gasteiger partial charge in [-0.15, -0.1) is 0 Å². The summed E-state index contributed by atoms with van der Waals surface area (Å²) in [6, 6.07) is 0. The first-order valence-electron chi connectivity index (χ1n) is 6.62. The van der Waals surface area contributed by atoms with E-state index < -0.39 is 0 Å². The lowest BCUT2D eigenvalue weighted by atomic mass is 9.96. The molecule has 1 saturated heterocycles. The Hall–Kier alpha value is -0.870. The molecule has 4 nitrogen and oxygen atoms in total. The Morgan fingerprint density at radius 2 is 2.18 bits per heavy atom. The monoisotopic (exact) mass is 236 g/mol. The summed E-state index contributed by atoms with van der Waals surface area (Å²) in [6.07, 6.45) is 6.78. The first-order chi connectivity index (χ1) is 8.33. The lowest BCUT2D eigenvalue weighted by Gasteiger charge is -2.24. The lowest BCUT2D eigenvalue weighted by Crippen LogP contribution is -2.25. The van der Waals surface area contributed by atoms with Crippen molar-refractivity contribution in [2.45, 2.75) is 44.8 Å². The van der Waals surface area contributed by atoms with E-state index in [1.165, 1.54) is 11.5 Å². The summed E-state index contributed by atoms with van der Waals surface area (Å²) in [5.41, 5.74) is 1.20. The molecule has 1 fully saturated rings. The molecule has 1 unspecified atom stereocenters. The van der Waals surface area contributed by atoms with Gasteiger partial charge in [-0.25, -0.2) is 4.98 Å². The van der Waals surface area contributed by atoms with Gasteiger partial charge in [0.2, 0.25) is 0 Å². The van der Waals surface area contributed by atoms with E-state index in [0.29, 0.717) is 0 Å². The number of rotatable bonds is 2. The summed E-state index contributed by atoms with van der Waals surface area (Å²) in [7, 11) is 0. The molecule has 0 spiro atoms. The number of ether oxygens (including phenoxy) is 1. The van der Waals surface area contributed by atoms with Crippen LogP contribution in [-0.2, 0) is 24.1 Å². The van der Waals surface area contributed by atoms with E-state index in [0.717, 1.165) is 57.8 Å². The van der Waals surface area contributed by atoms with Crippen molar-refractivity contribution < 1.29 is 9.84 Å². The van der Waals surface area contributed by atoms with Gasteiger partial charge >= 0.3 is 0 Å². The highest BCUT2D eigenvalue weighted by molar-refractivity contribution is 5.10. The Morgan fingerprint density at radius 3 is 3.00 bits per heavy atom. The van der Waals surface area contributed by atoms with Crippen LogP contribution < -0.4 is 0 Å². The van der Waals surface area contributed by atoms with Crippen LogP contribution >= 0.6 is 0 Å². The Morgan fingerprint density at radius 1 is 1.35 bits per heavy atom. The fourth-order valence-corrected chi connectivity index (χ4v) is 2.88. The summed E-state index contributed by atoms with van der Waals surface area (Å²) in [4.78, 5) is 4.54. The van der Waals surface area contributed by atoms with Gasteiger partial charge in [-0.2, -0.15) is 0 Å². The average Bonchev–Trinajstić information content (AvgIpc) is 2.73. The molecule has 17 heavy (non-hydrogen) atoms. The molecule has 1 aromatic heterocycles. The molecule has 0 aliphatic carbocycles. The van der Waals surface area contributed by atoms with Gasteiger partial charge in [0, 0.05) is 44.5 Å². The van der Waals surface area contributed by atoms with E-state index >= 15 is 0 Å². The first kappa shape index (κ1) is 11.2. The summed E-state index contributed by atoms with van der Waals surface area (Å²) >= 11 is 0.